The fourth-order valence-electron chi connectivity index (χ4n) is 10.1. The number of morpholine rings is 1. The summed E-state index contributed by atoms with van der Waals surface area (Å²) in [5.41, 5.74) is -0.423. The van der Waals surface area contributed by atoms with Crippen LogP contribution in [0.3, 0.4) is 0 Å². The summed E-state index contributed by atoms with van der Waals surface area (Å²) in [4.78, 5) is 18.6. The molecule has 0 N–H and O–H groups in total. The lowest BCUT2D eigenvalue weighted by atomic mass is 9.92. The third kappa shape index (κ3) is 35.2. The van der Waals surface area contributed by atoms with Crippen molar-refractivity contribution in [3.8, 4) is 0 Å². The van der Waals surface area contributed by atoms with Crippen molar-refractivity contribution >= 4 is 0 Å². The predicted octanol–water partition coefficient (Wildman–Crippen LogP) is 16.1. The lowest BCUT2D eigenvalue weighted by molar-refractivity contribution is -0.0681. The Morgan fingerprint density at radius 3 is 0.714 bits per heavy atom. The zero-order valence-electron chi connectivity index (χ0n) is 74.7. The molecule has 0 aromatic carbocycles. The van der Waals surface area contributed by atoms with Crippen LogP contribution in [-0.4, -0.2) is 237 Å². The molecule has 9 aliphatic heterocycles. The van der Waals surface area contributed by atoms with Crippen LogP contribution in [-0.2, 0) is 4.74 Å². The molecule has 9 heterocycles. The van der Waals surface area contributed by atoms with Crippen LogP contribution in [0, 0.1) is 0 Å². The molecule has 0 aromatic rings. The molecule has 9 rings (SSSR count). The Labute approximate surface area is 545 Å². The van der Waals surface area contributed by atoms with Crippen molar-refractivity contribution in [2.45, 2.75) is 339 Å². The largest absolute Gasteiger partial charge is 0.379 e. The third-order valence-electron chi connectivity index (χ3n) is 16.5. The van der Waals surface area contributed by atoms with E-state index in [1.807, 2.05) is 0 Å². The topological polar surface area (TPSA) is 38.4 Å². The molecule has 0 radical (unpaired) electrons. The molecule has 10 nitrogen and oxygen atoms in total. The number of likely N-dealkylation sites (tertiary alicyclic amines) is 8. The maximum absolute atomic E-state index is 12.9. The van der Waals surface area contributed by atoms with Crippen molar-refractivity contribution in [1.29, 1.82) is 0 Å². The molecule has 0 aromatic heterocycles. The summed E-state index contributed by atoms with van der Waals surface area (Å²) in [5, 5.41) is 0. The molecule has 0 saturated carbocycles. The van der Waals surface area contributed by atoms with Gasteiger partial charge in [0.25, 0.3) is 0 Å². The van der Waals surface area contributed by atoms with Gasteiger partial charge < -0.3 is 4.74 Å². The lowest BCUT2D eigenvalue weighted by Gasteiger charge is -2.49. The SMILES string of the molecule is CC(C)(C)N1CC(F)C1.CC(C)(C)N1CCC1.CC(C)(C)N1CCCC1.CC(C)(C)N1CCCCC1.CC(C)(C)N1CCCCCC1.CC(C)(C)N1CCOCC1.CC1(F)CN(C(C)(C)C)C1.[2H]C1([2H])N(C(C)(C)C)C([2H])([2H])C([2H])([2H])C1([2H])[2H].[2H]C1([2H])N(C(C)(C)C)C([2H])([2H])C1([2H])[2H]. The second-order valence-electron chi connectivity index (χ2n) is 33.9. The molecule has 9 saturated heterocycles. The monoisotopic (exact) mass is 1210 g/mol. The number of hydrogen-bond donors (Lipinski definition) is 0. The standard InChI is InChI=1S/C10H21N.C9H19N.C8H16FN.C8H17NO.2C8H17N.C7H14FN.2C7H15N/c1-10(2,3)11-8-6-4-5-7-9-11;1-9(2,3)10-7-5-4-6-8-10;1-7(2,3)10-5-8(4,9)6-10;1-8(2,3)9-4-6-10-7-5-9;2*1-8(2,3)9-6-4-5-7-9;1-7(2,3)9-4-6(8)5-9;2*1-7(2,3)8-5-4-6-8/h4-9H2,1-3H3;4-8H2,1-3H3;5-6H2,1-4H3;4-7H2,1-3H3;2*4-7H2,1-3H3;6H,4-5H2,1-3H3;2*4-6H2,1-3H3/i;;;;4D2,5D2,6D2,7D2;;;4D2,5D2,6D2;. The van der Waals surface area contributed by atoms with E-state index in [1.165, 1.54) is 137 Å². The molecule has 9 aliphatic rings. The van der Waals surface area contributed by atoms with Crippen molar-refractivity contribution in [1.82, 2.24) is 44.1 Å². The van der Waals surface area contributed by atoms with Gasteiger partial charge in [-0.15, -0.1) is 0 Å². The van der Waals surface area contributed by atoms with Crippen LogP contribution >= 0.6 is 0 Å². The summed E-state index contributed by atoms with van der Waals surface area (Å²) < 4.78 is 137. The van der Waals surface area contributed by atoms with Crippen LogP contribution in [0.25, 0.3) is 0 Å². The van der Waals surface area contributed by atoms with Crippen LogP contribution in [0.4, 0.5) is 8.78 Å². The first-order valence-electron chi connectivity index (χ1n) is 40.1. The van der Waals surface area contributed by atoms with Gasteiger partial charge in [0.1, 0.15) is 11.8 Å². The molecule has 0 atom stereocenters. The molecule has 0 amide bonds. The van der Waals surface area contributed by atoms with E-state index in [-0.39, 0.29) is 11.1 Å². The first-order chi connectivity index (χ1) is 43.3. The molecule has 0 aliphatic carbocycles. The average Bonchev–Trinajstić information content (AvgIpc) is 0.996. The van der Waals surface area contributed by atoms with Gasteiger partial charge in [0, 0.05) is 108 Å². The van der Waals surface area contributed by atoms with Crippen molar-refractivity contribution in [3.05, 3.63) is 0 Å². The van der Waals surface area contributed by atoms with Gasteiger partial charge in [-0.1, -0.05) is 19.3 Å². The summed E-state index contributed by atoms with van der Waals surface area (Å²) in [6, 6.07) is 0. The molecular formula is C72H151F2N9O. The van der Waals surface area contributed by atoms with Crippen LogP contribution in [0.2, 0.25) is 0 Å². The molecule has 0 spiro atoms. The molecule has 9 fully saturated rings. The minimum Gasteiger partial charge on any atom is -0.379 e. The summed E-state index contributed by atoms with van der Waals surface area (Å²) in [6.45, 7) is 65.1. The van der Waals surface area contributed by atoms with E-state index >= 15 is 0 Å². The van der Waals surface area contributed by atoms with Crippen LogP contribution in [0.15, 0.2) is 0 Å². The average molecular weight is 1210 g/mol. The van der Waals surface area contributed by atoms with E-state index < -0.39 is 68.0 Å². The Balaban J connectivity index is 0.000000556. The van der Waals surface area contributed by atoms with Gasteiger partial charge >= 0.3 is 0 Å². The summed E-state index contributed by atoms with van der Waals surface area (Å²) in [5.74, 6) is 0. The highest BCUT2D eigenvalue weighted by Gasteiger charge is 2.43. The van der Waals surface area contributed by atoms with E-state index in [1.54, 1.807) is 27.7 Å². The van der Waals surface area contributed by atoms with E-state index in [2.05, 4.69) is 180 Å². The van der Waals surface area contributed by atoms with E-state index in [0.717, 1.165) is 31.2 Å². The van der Waals surface area contributed by atoms with E-state index in [4.69, 9.17) is 23.9 Å². The van der Waals surface area contributed by atoms with Gasteiger partial charge in [-0.05, 0) is 336 Å². The number of rotatable bonds is 0. The smallest absolute Gasteiger partial charge is 0.133 e. The molecule has 0 bridgehead atoms. The van der Waals surface area contributed by atoms with E-state index in [9.17, 15) is 8.78 Å². The second-order valence-corrected chi connectivity index (χ2v) is 33.9. The second kappa shape index (κ2) is 35.9. The fourth-order valence-corrected chi connectivity index (χ4v) is 10.1. The zero-order valence-corrected chi connectivity index (χ0v) is 60.7. The van der Waals surface area contributed by atoms with Crippen LogP contribution in [0.1, 0.15) is 296 Å². The van der Waals surface area contributed by atoms with Crippen molar-refractivity contribution in [3.63, 3.8) is 0 Å². The predicted molar refractivity (Wildman–Crippen MR) is 367 cm³/mol. The number of ether oxygens (including phenoxy) is 1. The summed E-state index contributed by atoms with van der Waals surface area (Å²) in [7, 11) is 0. The molecule has 84 heavy (non-hydrogen) atoms. The normalized spacial score (nSPS) is 30.2. The maximum Gasteiger partial charge on any atom is 0.133 e. The summed E-state index contributed by atoms with van der Waals surface area (Å²) >= 11 is 0. The quantitative estimate of drug-likeness (QED) is 0.234. The number of alkyl halides is 2. The van der Waals surface area contributed by atoms with Gasteiger partial charge in [-0.2, -0.15) is 0 Å². The first kappa shape index (κ1) is 59.7. The Bertz CT molecular complexity index is 2210. The van der Waals surface area contributed by atoms with Crippen molar-refractivity contribution in [2.75, 3.05) is 131 Å². The Morgan fingerprint density at radius 1 is 0.310 bits per heavy atom. The molecular weight excluding hydrogens is 1040 g/mol. The molecule has 12 heteroatoms. The van der Waals surface area contributed by atoms with Gasteiger partial charge in [-0.3, -0.25) is 44.1 Å². The van der Waals surface area contributed by atoms with Crippen molar-refractivity contribution < 1.29 is 32.7 Å². The van der Waals surface area contributed by atoms with Crippen LogP contribution in [0.5, 0.6) is 0 Å². The lowest BCUT2D eigenvalue weighted by Crippen LogP contribution is -2.63. The minimum absolute atomic E-state index is 0.144. The first-order valence-corrected chi connectivity index (χ1v) is 33.1. The number of nitrogens with zero attached hydrogens (tertiary/aromatic N) is 9. The van der Waals surface area contributed by atoms with Gasteiger partial charge in [-0.25, -0.2) is 8.78 Å². The Hall–Kier alpha value is -0.540. The third-order valence-corrected chi connectivity index (χ3v) is 16.5. The number of hydrogen-bond acceptors (Lipinski definition) is 10. The highest BCUT2D eigenvalue weighted by molar-refractivity contribution is 4.97. The molecule has 0 unspecified atom stereocenters. The summed E-state index contributed by atoms with van der Waals surface area (Å²) in [6.07, 6.45) is 5.21. The van der Waals surface area contributed by atoms with Gasteiger partial charge in [0.15, 0.2) is 0 Å². The maximum atomic E-state index is 12.9. The highest BCUT2D eigenvalue weighted by atomic mass is 19.1. The number of halogens is 2. The van der Waals surface area contributed by atoms with Crippen LogP contribution < -0.4 is 0 Å². The Morgan fingerprint density at radius 2 is 0.536 bits per heavy atom. The van der Waals surface area contributed by atoms with Gasteiger partial charge in [0.2, 0.25) is 0 Å². The van der Waals surface area contributed by atoms with E-state index in [0.29, 0.717) is 58.8 Å². The van der Waals surface area contributed by atoms with Crippen molar-refractivity contribution in [2.24, 2.45) is 0 Å². The van der Waals surface area contributed by atoms with Gasteiger partial charge in [0.05, 0.1) is 13.2 Å². The highest BCUT2D eigenvalue weighted by Crippen LogP contribution is 2.31. The minimum atomic E-state index is -2.93. The molecule has 504 valence electrons. The zero-order chi connectivity index (χ0) is 77.4. The Kier molecular flexibility index (Phi) is 25.5. The number of piperidine rings is 1. The fraction of sp³-hybridized carbons (Fsp3) is 1.00.